The summed E-state index contributed by atoms with van der Waals surface area (Å²) in [7, 11) is 0. The molecule has 6 nitrogen and oxygen atoms in total. The van der Waals surface area contributed by atoms with E-state index >= 15 is 0 Å². The molecule has 1 saturated heterocycles. The molecule has 26 heavy (non-hydrogen) atoms. The molecule has 1 fully saturated rings. The van der Waals surface area contributed by atoms with E-state index in [9.17, 15) is 9.59 Å². The van der Waals surface area contributed by atoms with Crippen molar-refractivity contribution in [2.45, 2.75) is 19.8 Å². The van der Waals surface area contributed by atoms with Crippen LogP contribution in [0.2, 0.25) is 0 Å². The third-order valence-electron chi connectivity index (χ3n) is 4.61. The summed E-state index contributed by atoms with van der Waals surface area (Å²) in [6.45, 7) is 6.60. The van der Waals surface area contributed by atoms with Crippen molar-refractivity contribution in [1.29, 1.82) is 0 Å². The molecule has 0 atom stereocenters. The molecule has 0 unspecified atom stereocenters. The van der Waals surface area contributed by atoms with Crippen LogP contribution in [0.15, 0.2) is 42.6 Å². The van der Waals surface area contributed by atoms with Gasteiger partial charge >= 0.3 is 0 Å². The number of carbonyl (C=O) groups excluding carboxylic acids is 2. The van der Waals surface area contributed by atoms with Gasteiger partial charge in [0.2, 0.25) is 6.41 Å². The molecule has 136 valence electrons. The minimum absolute atomic E-state index is 0.0455. The van der Waals surface area contributed by atoms with Crippen LogP contribution in [0.1, 0.15) is 35.7 Å². The highest BCUT2D eigenvalue weighted by Crippen LogP contribution is 2.20. The second-order valence-electron chi connectivity index (χ2n) is 6.77. The number of hydrogen-bond acceptors (Lipinski definition) is 4. The van der Waals surface area contributed by atoms with E-state index in [1.165, 1.54) is 5.56 Å². The molecule has 0 spiro atoms. The van der Waals surface area contributed by atoms with E-state index in [0.29, 0.717) is 43.5 Å². The third-order valence-corrected chi connectivity index (χ3v) is 4.61. The van der Waals surface area contributed by atoms with E-state index < -0.39 is 0 Å². The summed E-state index contributed by atoms with van der Waals surface area (Å²) in [5.41, 5.74) is 2.82. The van der Waals surface area contributed by atoms with Crippen molar-refractivity contribution in [2.24, 2.45) is 0 Å². The monoisotopic (exact) mass is 352 g/mol. The lowest BCUT2D eigenvalue weighted by Crippen LogP contribution is -2.48. The van der Waals surface area contributed by atoms with E-state index in [-0.39, 0.29) is 5.91 Å². The first-order chi connectivity index (χ1) is 12.6. The van der Waals surface area contributed by atoms with E-state index in [1.807, 2.05) is 18.2 Å². The molecule has 1 aliphatic rings. The fourth-order valence-electron chi connectivity index (χ4n) is 2.91. The lowest BCUT2D eigenvalue weighted by molar-refractivity contribution is -0.119. The van der Waals surface area contributed by atoms with Crippen molar-refractivity contribution >= 4 is 23.8 Å². The Morgan fingerprint density at radius 2 is 1.77 bits per heavy atom. The molecule has 0 radical (unpaired) electrons. The fourth-order valence-corrected chi connectivity index (χ4v) is 2.91. The van der Waals surface area contributed by atoms with Crippen LogP contribution in [0.4, 0.5) is 11.5 Å². The number of anilines is 2. The molecule has 2 amide bonds. The largest absolute Gasteiger partial charge is 0.342 e. The highest BCUT2D eigenvalue weighted by molar-refractivity contribution is 5.94. The Balaban J connectivity index is 1.61. The van der Waals surface area contributed by atoms with E-state index in [4.69, 9.17) is 0 Å². The van der Waals surface area contributed by atoms with Crippen molar-refractivity contribution in [1.82, 2.24) is 14.8 Å². The zero-order valence-corrected chi connectivity index (χ0v) is 15.2. The highest BCUT2D eigenvalue weighted by atomic mass is 16.2. The standard InChI is InChI=1S/C20H24N4O2/c1-15(2)16-3-6-18(7-4-16)22-19-8-5-17(13-21-19)20(26)24-11-9-23(14-25)10-12-24/h3-8,13-15H,9-12H2,1-2H3,(H,21,22). The van der Waals surface area contributed by atoms with Gasteiger partial charge in [0.15, 0.2) is 0 Å². The van der Waals surface area contributed by atoms with E-state index in [1.54, 1.807) is 22.1 Å². The Morgan fingerprint density at radius 1 is 1.08 bits per heavy atom. The van der Waals surface area contributed by atoms with Gasteiger partial charge in [0, 0.05) is 38.1 Å². The Labute approximate surface area is 153 Å². The van der Waals surface area contributed by atoms with Crippen molar-refractivity contribution in [3.8, 4) is 0 Å². The van der Waals surface area contributed by atoms with Crippen LogP contribution in [-0.4, -0.2) is 53.3 Å². The molecular formula is C20H24N4O2. The number of carbonyl (C=O) groups is 2. The number of nitrogens with zero attached hydrogens (tertiary/aromatic N) is 3. The second kappa shape index (κ2) is 7.99. The van der Waals surface area contributed by atoms with Crippen molar-refractivity contribution in [3.05, 3.63) is 53.7 Å². The van der Waals surface area contributed by atoms with Gasteiger partial charge < -0.3 is 15.1 Å². The summed E-state index contributed by atoms with van der Waals surface area (Å²) in [4.78, 5) is 31.1. The van der Waals surface area contributed by atoms with Crippen LogP contribution in [-0.2, 0) is 4.79 Å². The van der Waals surface area contributed by atoms with Crippen molar-refractivity contribution < 1.29 is 9.59 Å². The summed E-state index contributed by atoms with van der Waals surface area (Å²) >= 11 is 0. The SMILES string of the molecule is CC(C)c1ccc(Nc2ccc(C(=O)N3CCN(C=O)CC3)cn2)cc1. The molecule has 1 aliphatic heterocycles. The Morgan fingerprint density at radius 3 is 2.31 bits per heavy atom. The third kappa shape index (κ3) is 4.20. The first-order valence-corrected chi connectivity index (χ1v) is 8.88. The molecule has 1 aromatic carbocycles. The molecule has 6 heteroatoms. The average Bonchev–Trinajstić information content (AvgIpc) is 2.68. The maximum Gasteiger partial charge on any atom is 0.255 e. The smallest absolute Gasteiger partial charge is 0.255 e. The summed E-state index contributed by atoms with van der Waals surface area (Å²) in [6.07, 6.45) is 2.43. The van der Waals surface area contributed by atoms with Gasteiger partial charge in [-0.2, -0.15) is 0 Å². The van der Waals surface area contributed by atoms with Crippen LogP contribution in [0.25, 0.3) is 0 Å². The molecule has 0 saturated carbocycles. The summed E-state index contributed by atoms with van der Waals surface area (Å²) < 4.78 is 0. The second-order valence-corrected chi connectivity index (χ2v) is 6.77. The Bertz CT molecular complexity index is 748. The first-order valence-electron chi connectivity index (χ1n) is 8.88. The van der Waals surface area contributed by atoms with Gasteiger partial charge in [0.25, 0.3) is 5.91 Å². The molecule has 1 aromatic heterocycles. The number of nitrogens with one attached hydrogen (secondary N) is 1. The van der Waals surface area contributed by atoms with Crippen LogP contribution in [0.5, 0.6) is 0 Å². The Hall–Kier alpha value is -2.89. The van der Waals surface area contributed by atoms with Crippen molar-refractivity contribution in [3.63, 3.8) is 0 Å². The normalized spacial score (nSPS) is 14.4. The number of pyridine rings is 1. The number of amides is 2. The topological polar surface area (TPSA) is 65.5 Å². The van der Waals surface area contributed by atoms with Crippen LogP contribution < -0.4 is 5.32 Å². The van der Waals surface area contributed by atoms with Crippen molar-refractivity contribution in [2.75, 3.05) is 31.5 Å². The number of aromatic nitrogens is 1. The number of benzene rings is 1. The van der Waals surface area contributed by atoms with Crippen LogP contribution in [0, 0.1) is 0 Å². The average molecular weight is 352 g/mol. The number of piperazine rings is 1. The molecule has 2 aromatic rings. The molecule has 1 N–H and O–H groups in total. The van der Waals surface area contributed by atoms with Gasteiger partial charge in [-0.3, -0.25) is 9.59 Å². The minimum atomic E-state index is -0.0455. The predicted octanol–water partition coefficient (Wildman–Crippen LogP) is 2.86. The van der Waals surface area contributed by atoms with Gasteiger partial charge in [0.05, 0.1) is 5.56 Å². The maximum absolute atomic E-state index is 12.5. The van der Waals surface area contributed by atoms with Crippen LogP contribution in [0.3, 0.4) is 0 Å². The van der Waals surface area contributed by atoms with Gasteiger partial charge in [-0.25, -0.2) is 4.98 Å². The summed E-state index contributed by atoms with van der Waals surface area (Å²) in [6, 6.07) is 11.9. The number of hydrogen-bond donors (Lipinski definition) is 1. The number of rotatable bonds is 5. The highest BCUT2D eigenvalue weighted by Gasteiger charge is 2.21. The van der Waals surface area contributed by atoms with Gasteiger partial charge in [-0.15, -0.1) is 0 Å². The fraction of sp³-hybridized carbons (Fsp3) is 0.350. The van der Waals surface area contributed by atoms with Gasteiger partial charge in [-0.05, 0) is 35.7 Å². The van der Waals surface area contributed by atoms with Gasteiger partial charge in [0.1, 0.15) is 5.82 Å². The lowest BCUT2D eigenvalue weighted by atomic mass is 10.0. The molecule has 0 bridgehead atoms. The summed E-state index contributed by atoms with van der Waals surface area (Å²) in [5.74, 6) is 1.15. The molecular weight excluding hydrogens is 328 g/mol. The molecule has 3 rings (SSSR count). The van der Waals surface area contributed by atoms with Crippen LogP contribution >= 0.6 is 0 Å². The van der Waals surface area contributed by atoms with E-state index in [2.05, 4.69) is 36.3 Å². The summed E-state index contributed by atoms with van der Waals surface area (Å²) in [5, 5.41) is 3.25. The van der Waals surface area contributed by atoms with Gasteiger partial charge in [-0.1, -0.05) is 26.0 Å². The molecule has 2 heterocycles. The first kappa shape index (κ1) is 17.9. The quantitative estimate of drug-likeness (QED) is 0.841. The Kier molecular flexibility index (Phi) is 5.51. The zero-order valence-electron chi connectivity index (χ0n) is 15.2. The zero-order chi connectivity index (χ0) is 18.5. The lowest BCUT2D eigenvalue weighted by Gasteiger charge is -2.32. The maximum atomic E-state index is 12.5. The molecule has 0 aliphatic carbocycles. The minimum Gasteiger partial charge on any atom is -0.342 e. The van der Waals surface area contributed by atoms with E-state index in [0.717, 1.165) is 12.1 Å². The predicted molar refractivity (Wildman–Crippen MR) is 102 cm³/mol.